The van der Waals surface area contributed by atoms with Crippen LogP contribution >= 0.6 is 0 Å². The quantitative estimate of drug-likeness (QED) is 0.785. The molecule has 0 atom stereocenters. The number of nitrogens with zero attached hydrogens (tertiary/aromatic N) is 4. The normalized spacial score (nSPS) is 10.5. The molecular formula is C14H10N4O3. The van der Waals surface area contributed by atoms with Crippen molar-refractivity contribution in [3.05, 3.63) is 47.9 Å². The summed E-state index contributed by atoms with van der Waals surface area (Å²) in [7, 11) is 0. The zero-order valence-electron chi connectivity index (χ0n) is 11.0. The summed E-state index contributed by atoms with van der Waals surface area (Å²) in [6, 6.07) is 7.89. The molecule has 2 heterocycles. The van der Waals surface area contributed by atoms with Crippen LogP contribution in [-0.4, -0.2) is 31.2 Å². The van der Waals surface area contributed by atoms with E-state index in [1.807, 2.05) is 0 Å². The zero-order valence-corrected chi connectivity index (χ0v) is 11.0. The van der Waals surface area contributed by atoms with Crippen molar-refractivity contribution < 1.29 is 14.4 Å². The Morgan fingerprint density at radius 2 is 1.90 bits per heavy atom. The molecule has 1 N–H and O–H groups in total. The number of carboxylic acids is 1. The Bertz CT molecular complexity index is 796. The van der Waals surface area contributed by atoms with E-state index < -0.39 is 5.97 Å². The number of carbonyl (C=O) groups is 1. The Balaban J connectivity index is 1.93. The third-order valence-corrected chi connectivity index (χ3v) is 2.81. The zero-order chi connectivity index (χ0) is 14.8. The lowest BCUT2D eigenvalue weighted by atomic mass is 10.1. The van der Waals surface area contributed by atoms with Crippen LogP contribution in [0.5, 0.6) is 0 Å². The van der Waals surface area contributed by atoms with Gasteiger partial charge in [0.05, 0.1) is 5.56 Å². The standard InChI is InChI=1S/C14H10N4O3/c1-8-15-7-6-11(16-8)12-17-13(21-18-12)9-2-4-10(5-3-9)14(19)20/h2-7H,1H3,(H,19,20). The van der Waals surface area contributed by atoms with Gasteiger partial charge in [0, 0.05) is 11.8 Å². The highest BCUT2D eigenvalue weighted by molar-refractivity contribution is 5.88. The Kier molecular flexibility index (Phi) is 3.15. The molecule has 3 rings (SSSR count). The van der Waals surface area contributed by atoms with Crippen LogP contribution in [-0.2, 0) is 0 Å². The third kappa shape index (κ3) is 2.62. The summed E-state index contributed by atoms with van der Waals surface area (Å²) in [6.45, 7) is 1.77. The minimum atomic E-state index is -0.982. The molecule has 7 nitrogen and oxygen atoms in total. The van der Waals surface area contributed by atoms with Crippen molar-refractivity contribution >= 4 is 5.97 Å². The van der Waals surface area contributed by atoms with Gasteiger partial charge >= 0.3 is 5.97 Å². The van der Waals surface area contributed by atoms with E-state index in [4.69, 9.17) is 9.63 Å². The maximum absolute atomic E-state index is 10.8. The maximum Gasteiger partial charge on any atom is 0.335 e. The molecule has 3 aromatic rings. The van der Waals surface area contributed by atoms with Crippen LogP contribution in [0.1, 0.15) is 16.2 Å². The fraction of sp³-hybridized carbons (Fsp3) is 0.0714. The largest absolute Gasteiger partial charge is 0.478 e. The van der Waals surface area contributed by atoms with Gasteiger partial charge in [-0.3, -0.25) is 0 Å². The van der Waals surface area contributed by atoms with Gasteiger partial charge < -0.3 is 9.63 Å². The monoisotopic (exact) mass is 282 g/mol. The molecular weight excluding hydrogens is 272 g/mol. The number of rotatable bonds is 3. The summed E-state index contributed by atoms with van der Waals surface area (Å²) in [6.07, 6.45) is 1.62. The van der Waals surface area contributed by atoms with E-state index >= 15 is 0 Å². The van der Waals surface area contributed by atoms with Gasteiger partial charge in [-0.1, -0.05) is 5.16 Å². The van der Waals surface area contributed by atoms with Crippen LogP contribution in [0.3, 0.4) is 0 Å². The second kappa shape index (κ2) is 5.12. The molecule has 0 aliphatic rings. The average molecular weight is 282 g/mol. The van der Waals surface area contributed by atoms with Crippen molar-refractivity contribution in [3.8, 4) is 23.0 Å². The topological polar surface area (TPSA) is 102 Å². The Labute approximate surface area is 119 Å². The molecule has 0 saturated heterocycles. The van der Waals surface area contributed by atoms with Gasteiger partial charge in [-0.2, -0.15) is 4.98 Å². The summed E-state index contributed by atoms with van der Waals surface area (Å²) in [5.41, 5.74) is 1.41. The summed E-state index contributed by atoms with van der Waals surface area (Å²) in [5, 5.41) is 12.7. The summed E-state index contributed by atoms with van der Waals surface area (Å²) in [4.78, 5) is 23.3. The number of aryl methyl sites for hydroxylation is 1. The molecule has 0 fully saturated rings. The van der Waals surface area contributed by atoms with E-state index in [0.29, 0.717) is 28.8 Å². The van der Waals surface area contributed by atoms with Crippen LogP contribution < -0.4 is 0 Å². The molecule has 0 spiro atoms. The number of aromatic carboxylic acids is 1. The SMILES string of the molecule is Cc1nccc(-c2noc(-c3ccc(C(=O)O)cc3)n2)n1. The smallest absolute Gasteiger partial charge is 0.335 e. The molecule has 104 valence electrons. The highest BCUT2D eigenvalue weighted by Crippen LogP contribution is 2.21. The molecule has 0 aliphatic carbocycles. The van der Waals surface area contributed by atoms with Gasteiger partial charge in [-0.05, 0) is 37.3 Å². The van der Waals surface area contributed by atoms with Crippen LogP contribution in [0, 0.1) is 6.92 Å². The molecule has 0 aliphatic heterocycles. The second-order valence-electron chi connectivity index (χ2n) is 4.29. The van der Waals surface area contributed by atoms with Gasteiger partial charge in [-0.25, -0.2) is 14.8 Å². The average Bonchev–Trinajstić information content (AvgIpc) is 2.97. The number of carboxylic acid groups (broad SMARTS) is 1. The lowest BCUT2D eigenvalue weighted by Crippen LogP contribution is -1.95. The first kappa shape index (κ1) is 12.9. The fourth-order valence-electron chi connectivity index (χ4n) is 1.78. The first-order valence-electron chi connectivity index (χ1n) is 6.11. The highest BCUT2D eigenvalue weighted by Gasteiger charge is 2.12. The second-order valence-corrected chi connectivity index (χ2v) is 4.29. The first-order valence-corrected chi connectivity index (χ1v) is 6.11. The van der Waals surface area contributed by atoms with E-state index in [0.717, 1.165) is 0 Å². The Hall–Kier alpha value is -3.09. The molecule has 7 heteroatoms. The minimum Gasteiger partial charge on any atom is -0.478 e. The molecule has 21 heavy (non-hydrogen) atoms. The van der Waals surface area contributed by atoms with Crippen molar-refractivity contribution in [2.45, 2.75) is 6.92 Å². The van der Waals surface area contributed by atoms with Gasteiger partial charge in [0.1, 0.15) is 11.5 Å². The molecule has 1 aromatic carbocycles. The van der Waals surface area contributed by atoms with Gasteiger partial charge in [0.25, 0.3) is 5.89 Å². The molecule has 0 radical (unpaired) electrons. The Morgan fingerprint density at radius 3 is 2.57 bits per heavy atom. The van der Waals surface area contributed by atoms with E-state index in [9.17, 15) is 4.79 Å². The lowest BCUT2D eigenvalue weighted by molar-refractivity contribution is 0.0697. The summed E-state index contributed by atoms with van der Waals surface area (Å²) >= 11 is 0. The van der Waals surface area contributed by atoms with Gasteiger partial charge in [0.15, 0.2) is 0 Å². The Morgan fingerprint density at radius 1 is 1.14 bits per heavy atom. The van der Waals surface area contributed by atoms with Crippen LogP contribution in [0.25, 0.3) is 23.0 Å². The molecule has 2 aromatic heterocycles. The number of aromatic nitrogens is 4. The fourth-order valence-corrected chi connectivity index (χ4v) is 1.78. The highest BCUT2D eigenvalue weighted by atomic mass is 16.5. The molecule has 0 unspecified atom stereocenters. The van der Waals surface area contributed by atoms with E-state index in [-0.39, 0.29) is 5.56 Å². The molecule has 0 amide bonds. The van der Waals surface area contributed by atoms with E-state index in [2.05, 4.69) is 20.1 Å². The number of benzene rings is 1. The van der Waals surface area contributed by atoms with Crippen molar-refractivity contribution in [1.29, 1.82) is 0 Å². The van der Waals surface area contributed by atoms with Gasteiger partial charge in [-0.15, -0.1) is 0 Å². The minimum absolute atomic E-state index is 0.199. The molecule has 0 bridgehead atoms. The maximum atomic E-state index is 10.8. The third-order valence-electron chi connectivity index (χ3n) is 2.81. The number of hydrogen-bond donors (Lipinski definition) is 1. The van der Waals surface area contributed by atoms with Crippen molar-refractivity contribution in [2.24, 2.45) is 0 Å². The summed E-state index contributed by atoms with van der Waals surface area (Å²) in [5.74, 6) is 0.296. The van der Waals surface area contributed by atoms with E-state index in [1.54, 1.807) is 31.3 Å². The number of hydrogen-bond acceptors (Lipinski definition) is 6. The lowest BCUT2D eigenvalue weighted by Gasteiger charge is -1.96. The molecule has 0 saturated carbocycles. The van der Waals surface area contributed by atoms with Crippen molar-refractivity contribution in [1.82, 2.24) is 20.1 Å². The van der Waals surface area contributed by atoms with Gasteiger partial charge in [0.2, 0.25) is 5.82 Å². The van der Waals surface area contributed by atoms with Crippen LogP contribution in [0.2, 0.25) is 0 Å². The van der Waals surface area contributed by atoms with Crippen LogP contribution in [0.4, 0.5) is 0 Å². The van der Waals surface area contributed by atoms with Crippen molar-refractivity contribution in [3.63, 3.8) is 0 Å². The predicted molar refractivity (Wildman–Crippen MR) is 72.5 cm³/mol. The van der Waals surface area contributed by atoms with Crippen LogP contribution in [0.15, 0.2) is 41.1 Å². The predicted octanol–water partition coefficient (Wildman–Crippen LogP) is 2.20. The van der Waals surface area contributed by atoms with Crippen molar-refractivity contribution in [2.75, 3.05) is 0 Å². The van der Waals surface area contributed by atoms with E-state index in [1.165, 1.54) is 12.1 Å². The summed E-state index contributed by atoms with van der Waals surface area (Å²) < 4.78 is 5.18. The first-order chi connectivity index (χ1) is 10.1.